The number of unbranched alkanes of at least 4 members (excludes halogenated alkanes) is 1. The number of aryl methyl sites for hydroxylation is 1. The standard InChI is InChI=1S/C11H13ClO3/c12-10-7-2-1-5-9(10)6-3-4-8-15-11(13)14/h1-2,5,7H,3-4,6,8H2,(H,13,14). The van der Waals surface area contributed by atoms with Gasteiger partial charge in [-0.2, -0.15) is 0 Å². The molecule has 1 aromatic carbocycles. The first-order valence-corrected chi connectivity index (χ1v) is 5.17. The summed E-state index contributed by atoms with van der Waals surface area (Å²) in [6, 6.07) is 7.65. The van der Waals surface area contributed by atoms with Crippen molar-refractivity contribution in [1.82, 2.24) is 0 Å². The summed E-state index contributed by atoms with van der Waals surface area (Å²) >= 11 is 5.96. The largest absolute Gasteiger partial charge is 0.505 e. The fourth-order valence-corrected chi connectivity index (χ4v) is 1.51. The molecule has 1 aromatic rings. The Morgan fingerprint density at radius 2 is 2.07 bits per heavy atom. The summed E-state index contributed by atoms with van der Waals surface area (Å²) in [5.74, 6) is 0. The van der Waals surface area contributed by atoms with Gasteiger partial charge in [0.25, 0.3) is 0 Å². The van der Waals surface area contributed by atoms with Gasteiger partial charge in [-0.3, -0.25) is 0 Å². The number of rotatable bonds is 5. The van der Waals surface area contributed by atoms with E-state index in [9.17, 15) is 4.79 Å². The molecule has 0 aliphatic rings. The van der Waals surface area contributed by atoms with Crippen molar-refractivity contribution in [2.45, 2.75) is 19.3 Å². The summed E-state index contributed by atoms with van der Waals surface area (Å²) in [6.07, 6.45) is 1.23. The Morgan fingerprint density at radius 3 is 2.73 bits per heavy atom. The van der Waals surface area contributed by atoms with Crippen LogP contribution in [-0.4, -0.2) is 17.9 Å². The van der Waals surface area contributed by atoms with E-state index in [1.165, 1.54) is 0 Å². The minimum Gasteiger partial charge on any atom is -0.450 e. The molecular weight excluding hydrogens is 216 g/mol. The third kappa shape index (κ3) is 4.70. The first-order valence-electron chi connectivity index (χ1n) is 4.79. The molecule has 0 spiro atoms. The maximum Gasteiger partial charge on any atom is 0.505 e. The first-order chi connectivity index (χ1) is 7.20. The number of hydrogen-bond acceptors (Lipinski definition) is 2. The van der Waals surface area contributed by atoms with Crippen LogP contribution in [0.5, 0.6) is 0 Å². The van der Waals surface area contributed by atoms with Crippen molar-refractivity contribution in [1.29, 1.82) is 0 Å². The van der Waals surface area contributed by atoms with E-state index in [2.05, 4.69) is 4.74 Å². The predicted molar refractivity (Wildman–Crippen MR) is 58.4 cm³/mol. The number of halogens is 1. The zero-order valence-electron chi connectivity index (χ0n) is 8.28. The van der Waals surface area contributed by atoms with Crippen LogP contribution in [0.4, 0.5) is 4.79 Å². The van der Waals surface area contributed by atoms with Gasteiger partial charge in [-0.1, -0.05) is 29.8 Å². The molecule has 0 aliphatic heterocycles. The zero-order chi connectivity index (χ0) is 11.1. The highest BCUT2D eigenvalue weighted by molar-refractivity contribution is 6.31. The van der Waals surface area contributed by atoms with Crippen LogP contribution in [0.3, 0.4) is 0 Å². The summed E-state index contributed by atoms with van der Waals surface area (Å²) in [4.78, 5) is 10.0. The predicted octanol–water partition coefficient (Wildman–Crippen LogP) is 3.36. The van der Waals surface area contributed by atoms with Gasteiger partial charge >= 0.3 is 6.16 Å². The zero-order valence-corrected chi connectivity index (χ0v) is 9.04. The molecular formula is C11H13ClO3. The van der Waals surface area contributed by atoms with E-state index in [1.807, 2.05) is 24.3 Å². The Morgan fingerprint density at radius 1 is 1.33 bits per heavy atom. The molecule has 0 bridgehead atoms. The lowest BCUT2D eigenvalue weighted by Crippen LogP contribution is -2.02. The van der Waals surface area contributed by atoms with Crippen molar-refractivity contribution in [2.24, 2.45) is 0 Å². The molecule has 15 heavy (non-hydrogen) atoms. The van der Waals surface area contributed by atoms with Crippen molar-refractivity contribution in [2.75, 3.05) is 6.61 Å². The van der Waals surface area contributed by atoms with Crippen molar-refractivity contribution in [3.05, 3.63) is 34.9 Å². The molecule has 0 aliphatic carbocycles. The highest BCUT2D eigenvalue weighted by atomic mass is 35.5. The molecule has 0 amide bonds. The van der Waals surface area contributed by atoms with Gasteiger partial charge in [-0.05, 0) is 30.9 Å². The van der Waals surface area contributed by atoms with Crippen LogP contribution in [-0.2, 0) is 11.2 Å². The van der Waals surface area contributed by atoms with Crippen molar-refractivity contribution < 1.29 is 14.6 Å². The SMILES string of the molecule is O=C(O)OCCCCc1ccccc1Cl. The van der Waals surface area contributed by atoms with Crippen LogP contribution < -0.4 is 0 Å². The second kappa shape index (κ2) is 6.30. The quantitative estimate of drug-likeness (QED) is 0.621. The van der Waals surface area contributed by atoms with Crippen molar-refractivity contribution in [3.63, 3.8) is 0 Å². The van der Waals surface area contributed by atoms with E-state index in [4.69, 9.17) is 16.7 Å². The molecule has 0 fully saturated rings. The summed E-state index contributed by atoms with van der Waals surface area (Å²) in [6.45, 7) is 0.250. The molecule has 1 N–H and O–H groups in total. The van der Waals surface area contributed by atoms with Crippen LogP contribution in [0, 0.1) is 0 Å². The number of ether oxygens (including phenoxy) is 1. The Balaban J connectivity index is 2.21. The Kier molecular flexibility index (Phi) is 4.98. The molecule has 0 heterocycles. The van der Waals surface area contributed by atoms with Gasteiger partial charge < -0.3 is 9.84 Å². The molecule has 0 saturated heterocycles. The Bertz CT molecular complexity index is 325. The molecule has 3 nitrogen and oxygen atoms in total. The molecule has 4 heteroatoms. The van der Waals surface area contributed by atoms with Gasteiger partial charge in [0.1, 0.15) is 0 Å². The van der Waals surface area contributed by atoms with Gasteiger partial charge in [-0.25, -0.2) is 4.79 Å². The first kappa shape index (κ1) is 11.9. The number of hydrogen-bond donors (Lipinski definition) is 1. The maximum atomic E-state index is 10.0. The summed E-state index contributed by atoms with van der Waals surface area (Å²) in [7, 11) is 0. The normalized spacial score (nSPS) is 9.93. The lowest BCUT2D eigenvalue weighted by molar-refractivity contribution is 0.0902. The van der Waals surface area contributed by atoms with Crippen molar-refractivity contribution in [3.8, 4) is 0 Å². The van der Waals surface area contributed by atoms with Gasteiger partial charge in [0.15, 0.2) is 0 Å². The third-order valence-electron chi connectivity index (χ3n) is 2.02. The molecule has 1 rings (SSSR count). The average molecular weight is 229 g/mol. The van der Waals surface area contributed by atoms with E-state index in [0.717, 1.165) is 29.8 Å². The summed E-state index contributed by atoms with van der Waals surface area (Å²) < 4.78 is 4.39. The van der Waals surface area contributed by atoms with E-state index in [1.54, 1.807) is 0 Å². The van der Waals surface area contributed by atoms with Crippen LogP contribution >= 0.6 is 11.6 Å². The molecule has 0 unspecified atom stereocenters. The van der Waals surface area contributed by atoms with E-state index in [-0.39, 0.29) is 6.61 Å². The van der Waals surface area contributed by atoms with Gasteiger partial charge in [0, 0.05) is 5.02 Å². The summed E-state index contributed by atoms with van der Waals surface area (Å²) in [5, 5.41) is 8.99. The van der Waals surface area contributed by atoms with Gasteiger partial charge in [-0.15, -0.1) is 0 Å². The van der Waals surface area contributed by atoms with Crippen molar-refractivity contribution >= 4 is 17.8 Å². The smallest absolute Gasteiger partial charge is 0.450 e. The highest BCUT2D eigenvalue weighted by Gasteiger charge is 1.99. The van der Waals surface area contributed by atoms with E-state index >= 15 is 0 Å². The fourth-order valence-electron chi connectivity index (χ4n) is 1.28. The topological polar surface area (TPSA) is 46.5 Å². The number of carboxylic acid groups (broad SMARTS) is 1. The Hall–Kier alpha value is -1.22. The summed E-state index contributed by atoms with van der Waals surface area (Å²) in [5.41, 5.74) is 1.09. The molecule has 82 valence electrons. The molecule has 0 radical (unpaired) electrons. The number of carbonyl (C=O) groups is 1. The number of benzene rings is 1. The third-order valence-corrected chi connectivity index (χ3v) is 2.39. The second-order valence-electron chi connectivity index (χ2n) is 3.16. The van der Waals surface area contributed by atoms with E-state index in [0.29, 0.717) is 0 Å². The van der Waals surface area contributed by atoms with Gasteiger partial charge in [0.05, 0.1) is 6.61 Å². The highest BCUT2D eigenvalue weighted by Crippen LogP contribution is 2.16. The Labute approximate surface area is 93.6 Å². The van der Waals surface area contributed by atoms with Crippen LogP contribution in [0.2, 0.25) is 5.02 Å². The van der Waals surface area contributed by atoms with Crippen LogP contribution in [0.15, 0.2) is 24.3 Å². The lowest BCUT2D eigenvalue weighted by atomic mass is 10.1. The fraction of sp³-hybridized carbons (Fsp3) is 0.364. The second-order valence-corrected chi connectivity index (χ2v) is 3.57. The molecule has 0 saturated carbocycles. The van der Waals surface area contributed by atoms with Crippen LogP contribution in [0.1, 0.15) is 18.4 Å². The van der Waals surface area contributed by atoms with Gasteiger partial charge in [0.2, 0.25) is 0 Å². The minimum absolute atomic E-state index is 0.250. The van der Waals surface area contributed by atoms with E-state index < -0.39 is 6.16 Å². The van der Waals surface area contributed by atoms with Crippen LogP contribution in [0.25, 0.3) is 0 Å². The lowest BCUT2D eigenvalue weighted by Gasteiger charge is -2.03. The minimum atomic E-state index is -1.22. The maximum absolute atomic E-state index is 10.0. The molecule has 0 aromatic heterocycles. The molecule has 0 atom stereocenters. The average Bonchev–Trinajstić information content (AvgIpc) is 2.20. The monoisotopic (exact) mass is 228 g/mol.